The number of carbonyl (C=O) groups is 1. The number of carbonyl (C=O) groups excluding carboxylic acids is 1. The van der Waals surface area contributed by atoms with Crippen LogP contribution in [0.2, 0.25) is 0 Å². The summed E-state index contributed by atoms with van der Waals surface area (Å²) in [6.45, 7) is 4.10. The average Bonchev–Trinajstić information content (AvgIpc) is 3.13. The fourth-order valence-corrected chi connectivity index (χ4v) is 2.84. The molecule has 0 radical (unpaired) electrons. The van der Waals surface area contributed by atoms with Gasteiger partial charge in [0.1, 0.15) is 12.1 Å². The van der Waals surface area contributed by atoms with Gasteiger partial charge in [-0.2, -0.15) is 5.10 Å². The third kappa shape index (κ3) is 3.11. The molecule has 0 atom stereocenters. The van der Waals surface area contributed by atoms with Crippen molar-refractivity contribution in [1.29, 1.82) is 0 Å². The molecule has 2 aromatic carbocycles. The van der Waals surface area contributed by atoms with Gasteiger partial charge in [-0.05, 0) is 49.2 Å². The summed E-state index contributed by atoms with van der Waals surface area (Å²) in [6.07, 6.45) is 3.04. The monoisotopic (exact) mass is 374 g/mol. The van der Waals surface area contributed by atoms with Gasteiger partial charge in [-0.1, -0.05) is 18.2 Å². The van der Waals surface area contributed by atoms with Crippen LogP contribution in [-0.4, -0.2) is 30.8 Å². The number of phenols is 1. The second-order valence-electron chi connectivity index (χ2n) is 6.38. The summed E-state index contributed by atoms with van der Waals surface area (Å²) in [5.74, 6) is -0.174. The van der Waals surface area contributed by atoms with Crippen molar-refractivity contribution in [3.05, 3.63) is 71.7 Å². The summed E-state index contributed by atoms with van der Waals surface area (Å²) < 4.78 is 1.72. The van der Waals surface area contributed by atoms with Crippen molar-refractivity contribution in [3.63, 3.8) is 0 Å². The zero-order chi connectivity index (χ0) is 19.7. The van der Waals surface area contributed by atoms with E-state index in [2.05, 4.69) is 32.8 Å². The summed E-state index contributed by atoms with van der Waals surface area (Å²) >= 11 is 0. The molecule has 0 saturated heterocycles. The third-order valence-electron chi connectivity index (χ3n) is 4.54. The quantitative estimate of drug-likeness (QED) is 0.475. The molecule has 0 unspecified atom stereocenters. The summed E-state index contributed by atoms with van der Waals surface area (Å²) in [5, 5.41) is 14.9. The number of hydrogen-bond donors (Lipinski definition) is 3. The van der Waals surface area contributed by atoms with E-state index in [-0.39, 0.29) is 11.3 Å². The molecule has 28 heavy (non-hydrogen) atoms. The first kappa shape index (κ1) is 17.5. The Morgan fingerprint density at radius 1 is 1.07 bits per heavy atom. The maximum absolute atomic E-state index is 12.3. The Balaban J connectivity index is 1.62. The van der Waals surface area contributed by atoms with E-state index >= 15 is 0 Å². The normalized spacial score (nSPS) is 10.8. The van der Waals surface area contributed by atoms with Crippen LogP contribution in [0.5, 0.6) is 5.75 Å². The number of nitrogens with zero attached hydrogens (tertiary/aromatic N) is 4. The number of aromatic hydroxyl groups is 1. The molecule has 1 amide bonds. The molecule has 4 rings (SSSR count). The van der Waals surface area contributed by atoms with E-state index in [1.165, 1.54) is 24.0 Å². The second-order valence-corrected chi connectivity index (χ2v) is 6.38. The Morgan fingerprint density at radius 2 is 1.89 bits per heavy atom. The van der Waals surface area contributed by atoms with Crippen LogP contribution in [0.4, 0.5) is 5.82 Å². The lowest BCUT2D eigenvalue weighted by atomic mass is 10.1. The zero-order valence-electron chi connectivity index (χ0n) is 15.3. The Hall–Kier alpha value is -3.94. The number of aryl methyl sites for hydroxylation is 2. The molecule has 0 aliphatic heterocycles. The highest BCUT2D eigenvalue weighted by Crippen LogP contribution is 2.22. The van der Waals surface area contributed by atoms with Gasteiger partial charge in [-0.3, -0.25) is 15.6 Å². The number of hydrazine groups is 1. The van der Waals surface area contributed by atoms with Crippen LogP contribution >= 0.6 is 0 Å². The first-order chi connectivity index (χ1) is 13.5. The van der Waals surface area contributed by atoms with Gasteiger partial charge in [0.2, 0.25) is 0 Å². The topological polar surface area (TPSA) is 105 Å². The van der Waals surface area contributed by atoms with E-state index in [0.29, 0.717) is 16.9 Å². The Bertz CT molecular complexity index is 1180. The maximum Gasteiger partial charge on any atom is 0.273 e. The number of benzene rings is 2. The van der Waals surface area contributed by atoms with E-state index in [0.717, 1.165) is 11.3 Å². The first-order valence-electron chi connectivity index (χ1n) is 8.65. The molecule has 2 aromatic heterocycles. The van der Waals surface area contributed by atoms with Gasteiger partial charge in [0, 0.05) is 0 Å². The van der Waals surface area contributed by atoms with Crippen molar-refractivity contribution in [2.24, 2.45) is 0 Å². The lowest BCUT2D eigenvalue weighted by Crippen LogP contribution is -2.30. The third-order valence-corrected chi connectivity index (χ3v) is 4.54. The summed E-state index contributed by atoms with van der Waals surface area (Å²) in [7, 11) is 0. The molecule has 0 fully saturated rings. The van der Waals surface area contributed by atoms with Crippen LogP contribution in [0.3, 0.4) is 0 Å². The van der Waals surface area contributed by atoms with Gasteiger partial charge < -0.3 is 5.11 Å². The van der Waals surface area contributed by atoms with E-state index in [4.69, 9.17) is 0 Å². The molecular formula is C20H18N6O2. The van der Waals surface area contributed by atoms with Crippen LogP contribution in [-0.2, 0) is 0 Å². The van der Waals surface area contributed by atoms with Crippen molar-refractivity contribution in [3.8, 4) is 11.4 Å². The number of amides is 1. The fraction of sp³-hybridized carbons (Fsp3) is 0.100. The highest BCUT2D eigenvalue weighted by molar-refractivity contribution is 5.98. The van der Waals surface area contributed by atoms with Crippen molar-refractivity contribution < 1.29 is 9.90 Å². The van der Waals surface area contributed by atoms with Crippen LogP contribution in [0.25, 0.3) is 16.7 Å². The number of rotatable bonds is 4. The first-order valence-corrected chi connectivity index (χ1v) is 8.65. The van der Waals surface area contributed by atoms with E-state index in [1.807, 2.05) is 25.1 Å². The molecule has 8 heteroatoms. The second kappa shape index (κ2) is 6.99. The highest BCUT2D eigenvalue weighted by Gasteiger charge is 2.14. The largest absolute Gasteiger partial charge is 0.507 e. The number of fused-ring (bicyclic) bond motifs is 1. The standard InChI is InChI=1S/C20H18N6O2/c1-12-7-8-14(9-13(12)2)26-19-16(10-23-26)18(21-11-22-19)24-25-20(28)15-5-3-4-6-17(15)27/h3-11,27H,1-2H3,(H,25,28)(H,21,22,24). The van der Waals surface area contributed by atoms with Crippen molar-refractivity contribution >= 4 is 22.8 Å². The molecule has 0 aliphatic rings. The van der Waals surface area contributed by atoms with E-state index in [1.54, 1.807) is 23.0 Å². The Kier molecular flexibility index (Phi) is 4.36. The lowest BCUT2D eigenvalue weighted by Gasteiger charge is -2.10. The van der Waals surface area contributed by atoms with Gasteiger partial charge in [0.15, 0.2) is 11.5 Å². The molecule has 2 heterocycles. The fourth-order valence-electron chi connectivity index (χ4n) is 2.84. The highest BCUT2D eigenvalue weighted by atomic mass is 16.3. The van der Waals surface area contributed by atoms with Crippen molar-refractivity contribution in [2.45, 2.75) is 13.8 Å². The Morgan fingerprint density at radius 3 is 2.68 bits per heavy atom. The SMILES string of the molecule is Cc1ccc(-n2ncc3c(NNC(=O)c4ccccc4O)ncnc32)cc1C. The maximum atomic E-state index is 12.3. The number of aromatic nitrogens is 4. The molecule has 0 saturated carbocycles. The van der Waals surface area contributed by atoms with Crippen LogP contribution in [0.15, 0.2) is 55.0 Å². The molecule has 4 aromatic rings. The number of anilines is 1. The smallest absolute Gasteiger partial charge is 0.273 e. The molecule has 3 N–H and O–H groups in total. The van der Waals surface area contributed by atoms with Gasteiger partial charge in [-0.15, -0.1) is 0 Å². The summed E-state index contributed by atoms with van der Waals surface area (Å²) in [5.41, 5.74) is 9.33. The number of phenolic OH excluding ortho intramolecular Hbond substituents is 1. The predicted molar refractivity (Wildman–Crippen MR) is 105 cm³/mol. The van der Waals surface area contributed by atoms with Crippen LogP contribution < -0.4 is 10.9 Å². The van der Waals surface area contributed by atoms with Gasteiger partial charge in [0.05, 0.1) is 22.8 Å². The lowest BCUT2D eigenvalue weighted by molar-refractivity contribution is 0.0960. The van der Waals surface area contributed by atoms with Crippen LogP contribution in [0, 0.1) is 13.8 Å². The number of hydrogen-bond acceptors (Lipinski definition) is 6. The van der Waals surface area contributed by atoms with Crippen molar-refractivity contribution in [1.82, 2.24) is 25.2 Å². The van der Waals surface area contributed by atoms with E-state index in [9.17, 15) is 9.90 Å². The molecular weight excluding hydrogens is 356 g/mol. The van der Waals surface area contributed by atoms with Gasteiger partial charge in [0.25, 0.3) is 5.91 Å². The van der Waals surface area contributed by atoms with Crippen LogP contribution in [0.1, 0.15) is 21.5 Å². The summed E-state index contributed by atoms with van der Waals surface area (Å²) in [6, 6.07) is 12.3. The minimum Gasteiger partial charge on any atom is -0.507 e. The Labute approximate surface area is 160 Å². The molecule has 0 spiro atoms. The number of nitrogens with one attached hydrogen (secondary N) is 2. The summed E-state index contributed by atoms with van der Waals surface area (Å²) in [4.78, 5) is 20.8. The minimum atomic E-state index is -0.480. The predicted octanol–water partition coefficient (Wildman–Crippen LogP) is 2.89. The van der Waals surface area contributed by atoms with E-state index < -0.39 is 5.91 Å². The minimum absolute atomic E-state index is 0.0998. The molecule has 8 nitrogen and oxygen atoms in total. The van der Waals surface area contributed by atoms with Crippen molar-refractivity contribution in [2.75, 3.05) is 5.43 Å². The zero-order valence-corrected chi connectivity index (χ0v) is 15.3. The molecule has 0 aliphatic carbocycles. The molecule has 0 bridgehead atoms. The molecule has 140 valence electrons. The van der Waals surface area contributed by atoms with Gasteiger partial charge in [-0.25, -0.2) is 14.6 Å². The number of para-hydroxylation sites is 1. The van der Waals surface area contributed by atoms with Gasteiger partial charge >= 0.3 is 0 Å². The average molecular weight is 374 g/mol.